The average Bonchev–Trinajstić information content (AvgIpc) is 1.87. The van der Waals surface area contributed by atoms with Gasteiger partial charge in [-0.25, -0.2) is 0 Å². The number of carbonyl (C=O) groups is 2. The van der Waals surface area contributed by atoms with E-state index in [1.807, 2.05) is 0 Å². The summed E-state index contributed by atoms with van der Waals surface area (Å²) < 4.78 is 0. The first-order valence-corrected chi connectivity index (χ1v) is 2.46. The Balaban J connectivity index is 0. The molecule has 0 aromatic heterocycles. The maximum atomic E-state index is 10.2. The van der Waals surface area contributed by atoms with Crippen LogP contribution in [0.1, 0.15) is 6.42 Å². The number of carboxylic acids is 1. The zero-order valence-corrected chi connectivity index (χ0v) is 5.11. The van der Waals surface area contributed by atoms with Crippen LogP contribution in [0.4, 0.5) is 0 Å². The molecule has 7 heteroatoms. The van der Waals surface area contributed by atoms with Crippen molar-refractivity contribution in [1.29, 1.82) is 0 Å². The first-order valence-electron chi connectivity index (χ1n) is 2.46. The zero-order chi connectivity index (χ0) is 8.15. The molecular formula is C4H9KN2O4. The molecule has 5 N–H and O–H groups in total. The zero-order valence-electron chi connectivity index (χ0n) is 5.11. The van der Waals surface area contributed by atoms with Gasteiger partial charge in [0, 0.05) is 0 Å². The predicted molar refractivity (Wildman–Crippen MR) is 37.7 cm³/mol. The molecule has 0 bridgehead atoms. The summed E-state index contributed by atoms with van der Waals surface area (Å²) in [6, 6.07) is -1.24. The van der Waals surface area contributed by atoms with Gasteiger partial charge in [0.1, 0.15) is 6.04 Å². The van der Waals surface area contributed by atoms with Crippen LogP contribution in [0.5, 0.6) is 0 Å². The Hall–Kier alpha value is 0.496. The molecule has 0 saturated carbocycles. The van der Waals surface area contributed by atoms with Crippen molar-refractivity contribution < 1.29 is 19.5 Å². The Morgan fingerprint density at radius 1 is 1.55 bits per heavy atom. The first kappa shape index (κ1) is 14.0. The number of nitrogens with two attached hydrogens (primary N) is 2. The number of aliphatic carboxylic acids is 1. The summed E-state index contributed by atoms with van der Waals surface area (Å²) in [5.74, 6) is 2.33. The normalized spacial score (nSPS) is 11.1. The van der Waals surface area contributed by atoms with Crippen LogP contribution in [0.3, 0.4) is 0 Å². The monoisotopic (exact) mass is 188 g/mol. The first-order chi connectivity index (χ1) is 4.57. The molecule has 0 heterocycles. The van der Waals surface area contributed by atoms with Gasteiger partial charge in [-0.2, -0.15) is 5.90 Å². The van der Waals surface area contributed by atoms with Crippen molar-refractivity contribution in [2.45, 2.75) is 12.5 Å². The minimum atomic E-state index is -1.26. The van der Waals surface area contributed by atoms with E-state index < -0.39 is 24.4 Å². The van der Waals surface area contributed by atoms with Gasteiger partial charge in [-0.3, -0.25) is 9.59 Å². The fourth-order valence-corrected chi connectivity index (χ4v) is 0.315. The Kier molecular flexibility index (Phi) is 9.14. The Morgan fingerprint density at radius 2 is 2.00 bits per heavy atom. The van der Waals surface area contributed by atoms with Gasteiger partial charge in [0.2, 0.25) is 0 Å². The molecule has 0 aromatic carbocycles. The average molecular weight is 188 g/mol. The quantitative estimate of drug-likeness (QED) is 0.334. The molecule has 6 nitrogen and oxygen atoms in total. The SMILES string of the molecule is NOC(=O)C[C@H](N)C(=O)O.[KH]. The van der Waals surface area contributed by atoms with Crippen molar-refractivity contribution in [3.63, 3.8) is 0 Å². The van der Waals surface area contributed by atoms with Crippen molar-refractivity contribution >= 4 is 63.3 Å². The van der Waals surface area contributed by atoms with Crippen LogP contribution < -0.4 is 11.6 Å². The second-order valence-corrected chi connectivity index (χ2v) is 1.64. The van der Waals surface area contributed by atoms with Crippen LogP contribution in [-0.4, -0.2) is 74.5 Å². The maximum absolute atomic E-state index is 10.2. The van der Waals surface area contributed by atoms with Crippen molar-refractivity contribution in [3.05, 3.63) is 0 Å². The molecular weight excluding hydrogens is 179 g/mol. The fourth-order valence-electron chi connectivity index (χ4n) is 0.315. The van der Waals surface area contributed by atoms with Crippen molar-refractivity contribution in [1.82, 2.24) is 0 Å². The summed E-state index contributed by atoms with van der Waals surface area (Å²) in [6.07, 6.45) is -0.411. The topological polar surface area (TPSA) is 116 Å². The second kappa shape index (κ2) is 7.16. The second-order valence-electron chi connectivity index (χ2n) is 1.64. The molecule has 60 valence electrons. The van der Waals surface area contributed by atoms with Gasteiger partial charge in [-0.15, -0.1) is 0 Å². The summed E-state index contributed by atoms with van der Waals surface area (Å²) in [7, 11) is 0. The third-order valence-corrected chi connectivity index (χ3v) is 0.835. The summed E-state index contributed by atoms with van der Waals surface area (Å²) >= 11 is 0. The van der Waals surface area contributed by atoms with E-state index in [9.17, 15) is 9.59 Å². The third-order valence-electron chi connectivity index (χ3n) is 0.835. The van der Waals surface area contributed by atoms with Crippen LogP contribution in [0.2, 0.25) is 0 Å². The summed E-state index contributed by atoms with van der Waals surface area (Å²) in [6.45, 7) is 0. The number of rotatable bonds is 3. The van der Waals surface area contributed by atoms with E-state index in [1.165, 1.54) is 0 Å². The van der Waals surface area contributed by atoms with Crippen molar-refractivity contribution in [3.8, 4) is 0 Å². The van der Waals surface area contributed by atoms with Gasteiger partial charge in [-0.05, 0) is 0 Å². The molecule has 0 rings (SSSR count). The molecule has 1 atom stereocenters. The molecule has 0 fully saturated rings. The van der Waals surface area contributed by atoms with E-state index in [0.29, 0.717) is 0 Å². The molecule has 0 aromatic rings. The van der Waals surface area contributed by atoms with Crippen LogP contribution in [0, 0.1) is 0 Å². The van der Waals surface area contributed by atoms with Crippen molar-refractivity contribution in [2.24, 2.45) is 11.6 Å². The summed E-state index contributed by atoms with van der Waals surface area (Å²) in [4.78, 5) is 23.9. The number of hydrogen-bond donors (Lipinski definition) is 3. The Bertz CT molecular complexity index is 151. The van der Waals surface area contributed by atoms with Crippen LogP contribution >= 0.6 is 0 Å². The minimum absolute atomic E-state index is 0. The molecule has 0 aliphatic heterocycles. The van der Waals surface area contributed by atoms with Crippen LogP contribution in [-0.2, 0) is 14.4 Å². The molecule has 0 aliphatic carbocycles. The molecule has 0 spiro atoms. The van der Waals surface area contributed by atoms with E-state index in [2.05, 4.69) is 10.7 Å². The van der Waals surface area contributed by atoms with Gasteiger partial charge in [0.25, 0.3) is 0 Å². The van der Waals surface area contributed by atoms with Gasteiger partial charge in [0.05, 0.1) is 6.42 Å². The molecule has 0 amide bonds. The Morgan fingerprint density at radius 3 is 2.27 bits per heavy atom. The number of carbonyl (C=O) groups excluding carboxylic acids is 1. The van der Waals surface area contributed by atoms with E-state index in [4.69, 9.17) is 10.8 Å². The molecule has 11 heavy (non-hydrogen) atoms. The van der Waals surface area contributed by atoms with Crippen LogP contribution in [0.15, 0.2) is 0 Å². The third kappa shape index (κ3) is 6.88. The molecule has 0 radical (unpaired) electrons. The van der Waals surface area contributed by atoms with Crippen molar-refractivity contribution in [2.75, 3.05) is 0 Å². The number of hydrogen-bond acceptors (Lipinski definition) is 5. The van der Waals surface area contributed by atoms with Gasteiger partial charge >= 0.3 is 63.3 Å². The molecule has 0 saturated heterocycles. The molecule has 0 unspecified atom stereocenters. The van der Waals surface area contributed by atoms with E-state index in [0.717, 1.165) is 0 Å². The van der Waals surface area contributed by atoms with Gasteiger partial charge in [-0.1, -0.05) is 0 Å². The standard InChI is InChI=1S/C4H8N2O4.K.H/c5-2(4(8)9)1-3(7)10-6;;/h2H,1,5-6H2,(H,8,9);;/t2-;;/m0../s1. The van der Waals surface area contributed by atoms with Gasteiger partial charge < -0.3 is 15.7 Å². The number of carboxylic acid groups (broad SMARTS) is 1. The molecule has 0 aliphatic rings. The summed E-state index contributed by atoms with van der Waals surface area (Å²) in [5.41, 5.74) is 4.94. The predicted octanol–water partition coefficient (Wildman–Crippen LogP) is -2.44. The fraction of sp³-hybridized carbons (Fsp3) is 0.500. The van der Waals surface area contributed by atoms with E-state index in [1.54, 1.807) is 0 Å². The van der Waals surface area contributed by atoms with Crippen LogP contribution in [0.25, 0.3) is 0 Å². The van der Waals surface area contributed by atoms with Gasteiger partial charge in [0.15, 0.2) is 0 Å². The summed E-state index contributed by atoms with van der Waals surface area (Å²) in [5, 5.41) is 8.15. The van der Waals surface area contributed by atoms with E-state index >= 15 is 0 Å². The van der Waals surface area contributed by atoms with E-state index in [-0.39, 0.29) is 51.4 Å². The Labute approximate surface area is 106 Å².